The monoisotopic (exact) mass is 324 g/mol. The van der Waals surface area contributed by atoms with Gasteiger partial charge in [0, 0.05) is 15.4 Å². The van der Waals surface area contributed by atoms with Gasteiger partial charge in [0.15, 0.2) is 0 Å². The van der Waals surface area contributed by atoms with Crippen molar-refractivity contribution in [3.8, 4) is 0 Å². The van der Waals surface area contributed by atoms with E-state index in [0.29, 0.717) is 0 Å². The Balaban J connectivity index is 2.20. The Kier molecular flexibility index (Phi) is 4.81. The Labute approximate surface area is 121 Å². The second kappa shape index (κ2) is 6.37. The van der Waals surface area contributed by atoms with E-state index in [9.17, 15) is 5.11 Å². The molecule has 1 unspecified atom stereocenters. The van der Waals surface area contributed by atoms with Crippen LogP contribution in [0.5, 0.6) is 0 Å². The van der Waals surface area contributed by atoms with Gasteiger partial charge < -0.3 is 5.11 Å². The predicted molar refractivity (Wildman–Crippen MR) is 79.1 cm³/mol. The van der Waals surface area contributed by atoms with Gasteiger partial charge in [0.2, 0.25) is 0 Å². The van der Waals surface area contributed by atoms with Crippen molar-refractivity contribution in [1.82, 2.24) is 0 Å². The first-order valence-electron chi connectivity index (χ1n) is 5.80. The molecule has 2 aromatic carbocycles. The molecule has 0 heterocycles. The Hall–Kier alpha value is -0.830. The summed E-state index contributed by atoms with van der Waals surface area (Å²) in [5, 5.41) is 10.3. The minimum atomic E-state index is 0.0988. The molecule has 0 bridgehead atoms. The number of hydrogen-bond donors (Lipinski definition) is 1. The summed E-state index contributed by atoms with van der Waals surface area (Å²) in [7, 11) is 0. The molecule has 0 aliphatic carbocycles. The molecule has 0 aliphatic heterocycles. The van der Waals surface area contributed by atoms with Crippen molar-refractivity contribution in [1.29, 1.82) is 0 Å². The average molecular weight is 326 g/mol. The summed E-state index contributed by atoms with van der Waals surface area (Å²) >= 11 is 9.40. The molecular formula is C15H14BrClO. The molecule has 1 nitrogen and oxygen atoms in total. The maximum Gasteiger partial charge on any atom is 0.0503 e. The van der Waals surface area contributed by atoms with Gasteiger partial charge in [0.1, 0.15) is 0 Å². The van der Waals surface area contributed by atoms with Crippen LogP contribution in [0.3, 0.4) is 0 Å². The minimum Gasteiger partial charge on any atom is -0.396 e. The predicted octanol–water partition coefficient (Wildman–Crippen LogP) is 4.42. The van der Waals surface area contributed by atoms with Crippen molar-refractivity contribution in [2.75, 3.05) is 6.61 Å². The average Bonchev–Trinajstić information content (AvgIpc) is 2.39. The van der Waals surface area contributed by atoms with E-state index >= 15 is 0 Å². The fraction of sp³-hybridized carbons (Fsp3) is 0.200. The molecule has 0 aromatic heterocycles. The first kappa shape index (κ1) is 13.6. The Morgan fingerprint density at radius 2 is 1.72 bits per heavy atom. The van der Waals surface area contributed by atoms with Crippen LogP contribution in [0.25, 0.3) is 0 Å². The van der Waals surface area contributed by atoms with Crippen LogP contribution in [0.4, 0.5) is 0 Å². The number of benzene rings is 2. The normalized spacial score (nSPS) is 12.4. The molecule has 0 aliphatic rings. The van der Waals surface area contributed by atoms with Crippen LogP contribution in [0.15, 0.2) is 53.0 Å². The van der Waals surface area contributed by atoms with E-state index in [-0.39, 0.29) is 12.5 Å². The van der Waals surface area contributed by atoms with Gasteiger partial charge in [0.05, 0.1) is 6.61 Å². The van der Waals surface area contributed by atoms with Crippen molar-refractivity contribution in [3.63, 3.8) is 0 Å². The van der Waals surface area contributed by atoms with E-state index in [1.807, 2.05) is 48.5 Å². The summed E-state index contributed by atoms with van der Waals surface area (Å²) in [6, 6.07) is 15.8. The van der Waals surface area contributed by atoms with Crippen molar-refractivity contribution in [2.24, 2.45) is 0 Å². The van der Waals surface area contributed by atoms with E-state index < -0.39 is 0 Å². The number of halogens is 2. The van der Waals surface area contributed by atoms with Crippen LogP contribution < -0.4 is 0 Å². The van der Waals surface area contributed by atoms with Gasteiger partial charge in [-0.2, -0.15) is 0 Å². The number of aliphatic hydroxyl groups is 1. The highest BCUT2D eigenvalue weighted by atomic mass is 79.9. The molecule has 1 atom stereocenters. The first-order valence-corrected chi connectivity index (χ1v) is 6.97. The highest BCUT2D eigenvalue weighted by molar-refractivity contribution is 9.10. The van der Waals surface area contributed by atoms with E-state index in [1.54, 1.807) is 0 Å². The van der Waals surface area contributed by atoms with Crippen LogP contribution in [0.2, 0.25) is 5.02 Å². The fourth-order valence-electron chi connectivity index (χ4n) is 1.98. The number of hydrogen-bond acceptors (Lipinski definition) is 1. The third-order valence-electron chi connectivity index (χ3n) is 2.96. The summed E-state index contributed by atoms with van der Waals surface area (Å²) in [6.45, 7) is 0.130. The Bertz CT molecular complexity index is 510. The van der Waals surface area contributed by atoms with Gasteiger partial charge in [0.25, 0.3) is 0 Å². The number of aliphatic hydroxyl groups excluding tert-OH is 1. The molecule has 3 heteroatoms. The first-order chi connectivity index (χ1) is 8.70. The second-order valence-electron chi connectivity index (χ2n) is 4.23. The summed E-state index contributed by atoms with van der Waals surface area (Å²) < 4.78 is 1.04. The van der Waals surface area contributed by atoms with Gasteiger partial charge in [-0.3, -0.25) is 0 Å². The molecule has 2 rings (SSSR count). The Morgan fingerprint density at radius 1 is 1.06 bits per heavy atom. The molecule has 1 N–H and O–H groups in total. The smallest absolute Gasteiger partial charge is 0.0503 e. The fourth-order valence-corrected chi connectivity index (χ4v) is 2.72. The van der Waals surface area contributed by atoms with Gasteiger partial charge in [-0.05, 0) is 35.7 Å². The third-order valence-corrected chi connectivity index (χ3v) is 3.93. The lowest BCUT2D eigenvalue weighted by Crippen LogP contribution is -2.08. The van der Waals surface area contributed by atoms with Crippen molar-refractivity contribution in [2.45, 2.75) is 12.3 Å². The molecule has 0 saturated carbocycles. The topological polar surface area (TPSA) is 20.2 Å². The maximum atomic E-state index is 9.57. The van der Waals surface area contributed by atoms with Gasteiger partial charge in [-0.1, -0.05) is 57.9 Å². The zero-order valence-corrected chi connectivity index (χ0v) is 12.2. The van der Waals surface area contributed by atoms with Crippen LogP contribution in [-0.2, 0) is 6.42 Å². The molecule has 0 spiro atoms. The number of rotatable bonds is 4. The quantitative estimate of drug-likeness (QED) is 0.882. The van der Waals surface area contributed by atoms with E-state index in [2.05, 4.69) is 15.9 Å². The lowest BCUT2D eigenvalue weighted by molar-refractivity contribution is 0.264. The zero-order valence-electron chi connectivity index (χ0n) is 9.81. The van der Waals surface area contributed by atoms with Crippen LogP contribution in [0.1, 0.15) is 17.0 Å². The molecule has 2 aromatic rings. The minimum absolute atomic E-state index is 0.0988. The van der Waals surface area contributed by atoms with Crippen molar-refractivity contribution < 1.29 is 5.11 Å². The Morgan fingerprint density at radius 3 is 2.33 bits per heavy atom. The van der Waals surface area contributed by atoms with Crippen molar-refractivity contribution >= 4 is 27.5 Å². The maximum absolute atomic E-state index is 9.57. The molecule has 0 radical (unpaired) electrons. The van der Waals surface area contributed by atoms with E-state index in [0.717, 1.165) is 21.5 Å². The van der Waals surface area contributed by atoms with Gasteiger partial charge >= 0.3 is 0 Å². The third kappa shape index (κ3) is 3.35. The summed E-state index contributed by atoms with van der Waals surface area (Å²) in [6.07, 6.45) is 0.802. The van der Waals surface area contributed by atoms with E-state index in [4.69, 9.17) is 11.6 Å². The molecule has 0 saturated heterocycles. The van der Waals surface area contributed by atoms with E-state index in [1.165, 1.54) is 5.56 Å². The lowest BCUT2D eigenvalue weighted by Gasteiger charge is -2.16. The van der Waals surface area contributed by atoms with Crippen LogP contribution >= 0.6 is 27.5 Å². The van der Waals surface area contributed by atoms with Crippen molar-refractivity contribution in [3.05, 3.63) is 69.2 Å². The van der Waals surface area contributed by atoms with Crippen LogP contribution in [0, 0.1) is 0 Å². The molecular weight excluding hydrogens is 312 g/mol. The molecule has 0 amide bonds. The standard InChI is InChI=1S/C15H14BrClO/c16-15-4-2-1-3-14(15)12(10-18)9-11-5-7-13(17)8-6-11/h1-8,12,18H,9-10H2. The highest BCUT2D eigenvalue weighted by Crippen LogP contribution is 2.27. The SMILES string of the molecule is OCC(Cc1ccc(Cl)cc1)c1ccccc1Br. The molecule has 0 fully saturated rings. The molecule has 18 heavy (non-hydrogen) atoms. The van der Waals surface area contributed by atoms with Gasteiger partial charge in [-0.25, -0.2) is 0 Å². The zero-order chi connectivity index (χ0) is 13.0. The lowest BCUT2D eigenvalue weighted by atomic mass is 9.93. The largest absolute Gasteiger partial charge is 0.396 e. The highest BCUT2D eigenvalue weighted by Gasteiger charge is 2.13. The summed E-state index contributed by atoms with van der Waals surface area (Å²) in [5.41, 5.74) is 2.31. The summed E-state index contributed by atoms with van der Waals surface area (Å²) in [4.78, 5) is 0. The summed E-state index contributed by atoms with van der Waals surface area (Å²) in [5.74, 6) is 0.0988. The second-order valence-corrected chi connectivity index (χ2v) is 5.52. The van der Waals surface area contributed by atoms with Gasteiger partial charge in [-0.15, -0.1) is 0 Å². The van der Waals surface area contributed by atoms with Crippen LogP contribution in [-0.4, -0.2) is 11.7 Å². The molecule has 94 valence electrons.